The Bertz CT molecular complexity index is 496. The van der Waals surface area contributed by atoms with Gasteiger partial charge in [-0.25, -0.2) is 18.1 Å². The van der Waals surface area contributed by atoms with Crippen LogP contribution in [0.2, 0.25) is 0 Å². The summed E-state index contributed by atoms with van der Waals surface area (Å²) in [7, 11) is -3.54. The summed E-state index contributed by atoms with van der Waals surface area (Å²) in [4.78, 5) is 4.10. The quantitative estimate of drug-likeness (QED) is 0.806. The molecule has 0 fully saturated rings. The molecule has 1 N–H and O–H groups in total. The summed E-state index contributed by atoms with van der Waals surface area (Å²) in [5.41, 5.74) is 0. The van der Waals surface area contributed by atoms with E-state index in [1.54, 1.807) is 13.1 Å². The van der Waals surface area contributed by atoms with Crippen LogP contribution >= 0.6 is 15.9 Å². The molecule has 1 aromatic heterocycles. The lowest BCUT2D eigenvalue weighted by Crippen LogP contribution is -2.39. The van der Waals surface area contributed by atoms with Crippen molar-refractivity contribution in [1.82, 2.24) is 14.3 Å². The minimum absolute atomic E-state index is 0.0912. The second-order valence-corrected chi connectivity index (χ2v) is 6.85. The predicted octanol–water partition coefficient (Wildman–Crippen LogP) is 1.91. The zero-order valence-electron chi connectivity index (χ0n) is 11.1. The van der Waals surface area contributed by atoms with Crippen LogP contribution in [0.15, 0.2) is 11.2 Å². The van der Waals surface area contributed by atoms with E-state index < -0.39 is 10.0 Å². The van der Waals surface area contributed by atoms with Gasteiger partial charge in [-0.3, -0.25) is 0 Å². The molecule has 1 rings (SSSR count). The highest BCUT2D eigenvalue weighted by atomic mass is 79.9. The first kappa shape index (κ1) is 15.7. The third kappa shape index (κ3) is 3.55. The average molecular weight is 338 g/mol. The van der Waals surface area contributed by atoms with Gasteiger partial charge in [-0.05, 0) is 19.8 Å². The number of imidazole rings is 1. The van der Waals surface area contributed by atoms with Crippen molar-refractivity contribution in [2.45, 2.75) is 45.3 Å². The molecule has 1 unspecified atom stereocenters. The van der Waals surface area contributed by atoms with Crippen LogP contribution in [0.1, 0.15) is 26.6 Å². The van der Waals surface area contributed by atoms with Gasteiger partial charge in [0.2, 0.25) is 0 Å². The molecule has 1 heterocycles. The number of aryl methyl sites for hydroxylation is 2. The SMILES string of the molecule is CCn1cc(S(=O)(=O)NC(CBr)C(C)C)nc1C. The Morgan fingerprint density at radius 2 is 2.11 bits per heavy atom. The molecule has 0 aliphatic rings. The number of halogens is 1. The predicted molar refractivity (Wildman–Crippen MR) is 75.4 cm³/mol. The molecule has 0 aromatic carbocycles. The van der Waals surface area contributed by atoms with Crippen molar-refractivity contribution in [3.63, 3.8) is 0 Å². The maximum absolute atomic E-state index is 12.2. The largest absolute Gasteiger partial charge is 0.334 e. The first-order chi connectivity index (χ1) is 8.31. The van der Waals surface area contributed by atoms with Crippen molar-refractivity contribution in [2.24, 2.45) is 5.92 Å². The number of hydrogen-bond acceptors (Lipinski definition) is 3. The maximum Gasteiger partial charge on any atom is 0.259 e. The van der Waals surface area contributed by atoms with Crippen LogP contribution in [0, 0.1) is 12.8 Å². The standard InChI is InChI=1S/C11H20BrN3O2S/c1-5-15-7-11(13-9(15)4)18(16,17)14-10(6-12)8(2)3/h7-8,10,14H,5-6H2,1-4H3. The molecule has 0 bridgehead atoms. The van der Waals surface area contributed by atoms with E-state index in [2.05, 4.69) is 25.6 Å². The summed E-state index contributed by atoms with van der Waals surface area (Å²) in [5.74, 6) is 0.923. The first-order valence-corrected chi connectivity index (χ1v) is 8.54. The van der Waals surface area contributed by atoms with Crippen molar-refractivity contribution in [3.8, 4) is 0 Å². The summed E-state index contributed by atoms with van der Waals surface area (Å²) >= 11 is 3.32. The van der Waals surface area contributed by atoms with E-state index in [-0.39, 0.29) is 17.0 Å². The molecule has 0 saturated heterocycles. The van der Waals surface area contributed by atoms with Gasteiger partial charge in [-0.1, -0.05) is 29.8 Å². The highest BCUT2D eigenvalue weighted by molar-refractivity contribution is 9.09. The van der Waals surface area contributed by atoms with Crippen LogP contribution in [-0.4, -0.2) is 29.3 Å². The second-order valence-electron chi connectivity index (χ2n) is 4.54. The fourth-order valence-corrected chi connectivity index (χ4v) is 4.05. The zero-order chi connectivity index (χ0) is 13.9. The maximum atomic E-state index is 12.2. The van der Waals surface area contributed by atoms with E-state index in [4.69, 9.17) is 0 Å². The van der Waals surface area contributed by atoms with Gasteiger partial charge in [-0.2, -0.15) is 0 Å². The van der Waals surface area contributed by atoms with E-state index in [0.717, 1.165) is 0 Å². The number of hydrogen-bond donors (Lipinski definition) is 1. The second kappa shape index (κ2) is 6.16. The monoisotopic (exact) mass is 337 g/mol. The number of sulfonamides is 1. The zero-order valence-corrected chi connectivity index (χ0v) is 13.5. The van der Waals surface area contributed by atoms with Gasteiger partial charge in [0.1, 0.15) is 5.82 Å². The molecule has 0 spiro atoms. The first-order valence-electron chi connectivity index (χ1n) is 5.93. The van der Waals surface area contributed by atoms with Gasteiger partial charge in [0, 0.05) is 24.1 Å². The van der Waals surface area contributed by atoms with Crippen LogP contribution in [0.25, 0.3) is 0 Å². The molecular weight excluding hydrogens is 318 g/mol. The van der Waals surface area contributed by atoms with Crippen molar-refractivity contribution < 1.29 is 8.42 Å². The summed E-state index contributed by atoms with van der Waals surface area (Å²) in [6.07, 6.45) is 1.57. The number of rotatable bonds is 6. The smallest absolute Gasteiger partial charge is 0.259 e. The van der Waals surface area contributed by atoms with Gasteiger partial charge in [0.25, 0.3) is 10.0 Å². The molecule has 104 valence electrons. The molecule has 1 atom stereocenters. The van der Waals surface area contributed by atoms with Crippen molar-refractivity contribution in [3.05, 3.63) is 12.0 Å². The van der Waals surface area contributed by atoms with E-state index in [1.807, 2.05) is 25.3 Å². The summed E-state index contributed by atoms with van der Waals surface area (Å²) in [6.45, 7) is 8.41. The number of nitrogens with zero attached hydrogens (tertiary/aromatic N) is 2. The Hall–Kier alpha value is -0.400. The van der Waals surface area contributed by atoms with Crippen LogP contribution in [0.4, 0.5) is 0 Å². The van der Waals surface area contributed by atoms with Gasteiger partial charge in [-0.15, -0.1) is 0 Å². The Labute approximate surface area is 117 Å². The number of nitrogens with one attached hydrogen (secondary N) is 1. The van der Waals surface area contributed by atoms with Gasteiger partial charge >= 0.3 is 0 Å². The summed E-state index contributed by atoms with van der Waals surface area (Å²) < 4.78 is 28.8. The van der Waals surface area contributed by atoms with E-state index in [1.165, 1.54) is 0 Å². The highest BCUT2D eigenvalue weighted by Gasteiger charge is 2.24. The van der Waals surface area contributed by atoms with Crippen LogP contribution in [0.3, 0.4) is 0 Å². The number of alkyl halides is 1. The molecule has 5 nitrogen and oxygen atoms in total. The minimum Gasteiger partial charge on any atom is -0.334 e. The van der Waals surface area contributed by atoms with Crippen LogP contribution in [-0.2, 0) is 16.6 Å². The molecule has 0 aliphatic heterocycles. The summed E-state index contributed by atoms with van der Waals surface area (Å²) in [6, 6.07) is -0.137. The third-order valence-corrected chi connectivity index (χ3v) is 4.91. The topological polar surface area (TPSA) is 64.0 Å². The fraction of sp³-hybridized carbons (Fsp3) is 0.727. The molecule has 18 heavy (non-hydrogen) atoms. The van der Waals surface area contributed by atoms with Crippen LogP contribution < -0.4 is 4.72 Å². The van der Waals surface area contributed by atoms with Gasteiger partial charge in [0.15, 0.2) is 5.03 Å². The Morgan fingerprint density at radius 1 is 1.50 bits per heavy atom. The summed E-state index contributed by atoms with van der Waals surface area (Å²) in [5, 5.41) is 0.672. The number of aromatic nitrogens is 2. The molecule has 0 saturated carbocycles. The molecular formula is C11H20BrN3O2S. The molecule has 1 aromatic rings. The van der Waals surface area contributed by atoms with Crippen molar-refractivity contribution in [2.75, 3.05) is 5.33 Å². The van der Waals surface area contributed by atoms with E-state index in [9.17, 15) is 8.42 Å². The highest BCUT2D eigenvalue weighted by Crippen LogP contribution is 2.13. The van der Waals surface area contributed by atoms with Crippen molar-refractivity contribution in [1.29, 1.82) is 0 Å². The molecule has 0 radical (unpaired) electrons. The lowest BCUT2D eigenvalue weighted by molar-refractivity contribution is 0.482. The normalized spacial score (nSPS) is 14.1. The Morgan fingerprint density at radius 3 is 2.50 bits per heavy atom. The lowest BCUT2D eigenvalue weighted by Gasteiger charge is -2.18. The van der Waals surface area contributed by atoms with E-state index >= 15 is 0 Å². The molecule has 0 amide bonds. The fourth-order valence-electron chi connectivity index (χ4n) is 1.53. The van der Waals surface area contributed by atoms with Crippen LogP contribution in [0.5, 0.6) is 0 Å². The minimum atomic E-state index is -3.54. The van der Waals surface area contributed by atoms with Gasteiger partial charge < -0.3 is 4.57 Å². The molecule has 0 aliphatic carbocycles. The van der Waals surface area contributed by atoms with Crippen molar-refractivity contribution >= 4 is 26.0 Å². The van der Waals surface area contributed by atoms with Gasteiger partial charge in [0.05, 0.1) is 0 Å². The average Bonchev–Trinajstić information content (AvgIpc) is 2.68. The lowest BCUT2D eigenvalue weighted by atomic mass is 10.1. The molecule has 7 heteroatoms. The Balaban J connectivity index is 2.98. The Kier molecular flexibility index (Phi) is 5.36. The van der Waals surface area contributed by atoms with E-state index in [0.29, 0.717) is 17.7 Å². The third-order valence-electron chi connectivity index (χ3n) is 2.85.